The summed E-state index contributed by atoms with van der Waals surface area (Å²) in [6.07, 6.45) is 1.24. The van der Waals surface area contributed by atoms with E-state index in [0.717, 1.165) is 5.56 Å². The van der Waals surface area contributed by atoms with Crippen molar-refractivity contribution >= 4 is 23.4 Å². The number of ether oxygens (including phenoxy) is 2. The van der Waals surface area contributed by atoms with Crippen molar-refractivity contribution in [3.63, 3.8) is 0 Å². The molecule has 4 heterocycles. The number of carbonyl (C=O) groups excluding carboxylic acids is 1. The number of morpholine rings is 2. The first kappa shape index (κ1) is 23.0. The summed E-state index contributed by atoms with van der Waals surface area (Å²) in [6, 6.07) is 9.95. The van der Waals surface area contributed by atoms with Gasteiger partial charge in [-0.3, -0.25) is 4.79 Å². The fourth-order valence-electron chi connectivity index (χ4n) is 5.21. The third-order valence-corrected chi connectivity index (χ3v) is 7.33. The lowest BCUT2D eigenvalue weighted by Crippen LogP contribution is -2.47. The van der Waals surface area contributed by atoms with Crippen LogP contribution < -0.4 is 14.7 Å². The molecule has 0 atom stereocenters. The van der Waals surface area contributed by atoms with Crippen molar-refractivity contribution in [3.8, 4) is 0 Å². The molecule has 8 nitrogen and oxygen atoms in total. The third kappa shape index (κ3) is 4.34. The molecule has 3 aliphatic rings. The van der Waals surface area contributed by atoms with E-state index in [9.17, 15) is 4.79 Å². The second kappa shape index (κ2) is 9.84. The lowest BCUT2D eigenvalue weighted by Gasteiger charge is -2.41. The van der Waals surface area contributed by atoms with Gasteiger partial charge in [0.2, 0.25) is 11.8 Å². The zero-order chi connectivity index (χ0) is 23.5. The van der Waals surface area contributed by atoms with Crippen LogP contribution in [0.25, 0.3) is 0 Å². The van der Waals surface area contributed by atoms with Crippen LogP contribution in [0.5, 0.6) is 0 Å². The Bertz CT molecular complexity index is 1000. The molecule has 34 heavy (non-hydrogen) atoms. The minimum absolute atomic E-state index is 0.157. The molecule has 5 rings (SSSR count). The Hall–Kier alpha value is -2.78. The van der Waals surface area contributed by atoms with Crippen molar-refractivity contribution < 1.29 is 18.7 Å². The van der Waals surface area contributed by atoms with Crippen LogP contribution in [0.15, 0.2) is 30.3 Å². The number of carbonyl (C=O) groups is 1. The number of aromatic nitrogens is 2. The Morgan fingerprint density at radius 2 is 1.32 bits per heavy atom. The van der Waals surface area contributed by atoms with E-state index < -0.39 is 11.2 Å². The van der Waals surface area contributed by atoms with Gasteiger partial charge in [0.25, 0.3) is 0 Å². The van der Waals surface area contributed by atoms with Crippen molar-refractivity contribution in [1.82, 2.24) is 9.97 Å². The van der Waals surface area contributed by atoms with E-state index in [1.165, 1.54) is 0 Å². The van der Waals surface area contributed by atoms with Crippen molar-refractivity contribution in [2.45, 2.75) is 25.2 Å². The second-order valence-electron chi connectivity index (χ2n) is 9.18. The molecule has 0 spiro atoms. The number of ketones is 1. The predicted molar refractivity (Wildman–Crippen MR) is 128 cm³/mol. The number of Topliss-reactive ketones (excluding diaryl/α,β-unsaturated/α-hetero) is 1. The summed E-state index contributed by atoms with van der Waals surface area (Å²) in [6.45, 7) is 7.61. The largest absolute Gasteiger partial charge is 0.378 e. The number of anilines is 3. The van der Waals surface area contributed by atoms with Crippen molar-refractivity contribution in [2.24, 2.45) is 0 Å². The number of hydrogen-bond donors (Lipinski definition) is 0. The zero-order valence-electron chi connectivity index (χ0n) is 19.7. The van der Waals surface area contributed by atoms with Crippen molar-refractivity contribution in [2.75, 3.05) is 80.4 Å². The molecular weight excluding hydrogens is 437 g/mol. The van der Waals surface area contributed by atoms with E-state index >= 15 is 4.39 Å². The molecule has 0 radical (unpaired) electrons. The third-order valence-electron chi connectivity index (χ3n) is 7.33. The fourth-order valence-corrected chi connectivity index (χ4v) is 5.21. The Balaban J connectivity index is 1.46. The van der Waals surface area contributed by atoms with Crippen LogP contribution in [-0.4, -0.2) is 81.4 Å². The van der Waals surface area contributed by atoms with Gasteiger partial charge in [-0.15, -0.1) is 0 Å². The van der Waals surface area contributed by atoms with E-state index in [1.54, 1.807) is 6.92 Å². The fraction of sp³-hybridized carbons (Fsp3) is 0.560. The van der Waals surface area contributed by atoms with Gasteiger partial charge >= 0.3 is 0 Å². The van der Waals surface area contributed by atoms with Crippen LogP contribution in [0, 0.1) is 5.82 Å². The molecule has 182 valence electrons. The van der Waals surface area contributed by atoms with E-state index in [4.69, 9.17) is 14.5 Å². The van der Waals surface area contributed by atoms with Gasteiger partial charge < -0.3 is 24.2 Å². The lowest BCUT2D eigenvalue weighted by molar-refractivity contribution is -0.123. The molecule has 0 saturated carbocycles. The number of piperidine rings is 1. The highest BCUT2D eigenvalue weighted by atomic mass is 19.1. The SMILES string of the molecule is CC(=O)C1(c2ccccc2)CCN(c2nc(N3CCOCC3)nc(N3CCOCC3)c2F)CC1. The van der Waals surface area contributed by atoms with Crippen LogP contribution in [0.2, 0.25) is 0 Å². The summed E-state index contributed by atoms with van der Waals surface area (Å²) >= 11 is 0. The molecule has 9 heteroatoms. The average molecular weight is 470 g/mol. The summed E-state index contributed by atoms with van der Waals surface area (Å²) in [5, 5.41) is 0. The smallest absolute Gasteiger partial charge is 0.229 e. The molecule has 1 aromatic carbocycles. The molecule has 0 amide bonds. The predicted octanol–water partition coefficient (Wildman–Crippen LogP) is 2.42. The van der Waals surface area contributed by atoms with Gasteiger partial charge in [0.05, 0.1) is 31.8 Å². The van der Waals surface area contributed by atoms with Gasteiger partial charge in [0, 0.05) is 39.3 Å². The lowest BCUT2D eigenvalue weighted by atomic mass is 9.70. The van der Waals surface area contributed by atoms with Gasteiger partial charge in [-0.1, -0.05) is 30.3 Å². The molecule has 2 aromatic rings. The van der Waals surface area contributed by atoms with Crippen molar-refractivity contribution in [3.05, 3.63) is 41.7 Å². The first-order chi connectivity index (χ1) is 16.6. The summed E-state index contributed by atoms with van der Waals surface area (Å²) in [4.78, 5) is 28.1. The maximum absolute atomic E-state index is 15.9. The summed E-state index contributed by atoms with van der Waals surface area (Å²) in [5.41, 5.74) is 0.495. The topological polar surface area (TPSA) is 71.0 Å². The highest BCUT2D eigenvalue weighted by Crippen LogP contribution is 2.39. The van der Waals surface area contributed by atoms with Crippen LogP contribution in [0.1, 0.15) is 25.3 Å². The molecule has 0 unspecified atom stereocenters. The number of benzene rings is 1. The van der Waals surface area contributed by atoms with Crippen LogP contribution in [0.4, 0.5) is 22.0 Å². The molecule has 3 aliphatic heterocycles. The first-order valence-electron chi connectivity index (χ1n) is 12.1. The zero-order valence-corrected chi connectivity index (χ0v) is 19.7. The molecular formula is C25H32FN5O3. The molecule has 1 aromatic heterocycles. The summed E-state index contributed by atoms with van der Waals surface area (Å²) in [5.74, 6) is 0.954. The van der Waals surface area contributed by atoms with Gasteiger partial charge in [0.1, 0.15) is 5.78 Å². The maximum Gasteiger partial charge on any atom is 0.229 e. The normalized spacial score (nSPS) is 20.9. The Morgan fingerprint density at radius 3 is 1.85 bits per heavy atom. The van der Waals surface area contributed by atoms with Gasteiger partial charge in [-0.2, -0.15) is 14.4 Å². The second-order valence-corrected chi connectivity index (χ2v) is 9.18. The Labute approximate surface area is 199 Å². The van der Waals surface area contributed by atoms with E-state index in [0.29, 0.717) is 96.1 Å². The quantitative estimate of drug-likeness (QED) is 0.661. The monoisotopic (exact) mass is 469 g/mol. The summed E-state index contributed by atoms with van der Waals surface area (Å²) < 4.78 is 26.9. The van der Waals surface area contributed by atoms with Crippen molar-refractivity contribution in [1.29, 1.82) is 0 Å². The number of hydrogen-bond acceptors (Lipinski definition) is 8. The number of nitrogens with zero attached hydrogens (tertiary/aromatic N) is 5. The van der Waals surface area contributed by atoms with Gasteiger partial charge in [-0.05, 0) is 25.3 Å². The highest BCUT2D eigenvalue weighted by molar-refractivity contribution is 5.88. The Kier molecular flexibility index (Phi) is 6.65. The van der Waals surface area contributed by atoms with E-state index in [1.807, 2.05) is 40.1 Å². The van der Waals surface area contributed by atoms with Crippen LogP contribution in [0.3, 0.4) is 0 Å². The average Bonchev–Trinajstić information content (AvgIpc) is 2.90. The van der Waals surface area contributed by atoms with Gasteiger partial charge in [0.15, 0.2) is 11.6 Å². The van der Waals surface area contributed by atoms with Gasteiger partial charge in [-0.25, -0.2) is 0 Å². The highest BCUT2D eigenvalue weighted by Gasteiger charge is 2.41. The van der Waals surface area contributed by atoms with E-state index in [-0.39, 0.29) is 5.78 Å². The first-order valence-corrected chi connectivity index (χ1v) is 12.1. The molecule has 0 aliphatic carbocycles. The maximum atomic E-state index is 15.9. The minimum Gasteiger partial charge on any atom is -0.378 e. The number of halogens is 1. The molecule has 0 bridgehead atoms. The summed E-state index contributed by atoms with van der Waals surface area (Å²) in [7, 11) is 0. The van der Waals surface area contributed by atoms with E-state index in [2.05, 4.69) is 9.88 Å². The molecule has 3 fully saturated rings. The number of rotatable bonds is 5. The molecule has 3 saturated heterocycles. The van der Waals surface area contributed by atoms with Crippen LogP contribution >= 0.6 is 0 Å². The Morgan fingerprint density at radius 1 is 0.824 bits per heavy atom. The standard InChI is InChI=1S/C25H32FN5O3/c1-19(32)25(20-5-3-2-4-6-20)7-9-29(10-8-25)22-21(26)23(30-11-15-33-16-12-30)28-24(27-22)31-13-17-34-18-14-31/h2-6H,7-18H2,1H3. The van der Waals surface area contributed by atoms with Crippen LogP contribution in [-0.2, 0) is 19.7 Å². The minimum atomic E-state index is -0.540. The molecule has 0 N–H and O–H groups in total.